The van der Waals surface area contributed by atoms with E-state index in [0.29, 0.717) is 6.61 Å². The van der Waals surface area contributed by atoms with Crippen molar-refractivity contribution < 1.29 is 29.5 Å². The number of ether oxygens (including phenoxy) is 3. The van der Waals surface area contributed by atoms with Gasteiger partial charge >= 0.3 is 0 Å². The Bertz CT molecular complexity index is 257. The maximum Gasteiger partial charge on any atom is 0.164 e. The third-order valence-electron chi connectivity index (χ3n) is 2.62. The van der Waals surface area contributed by atoms with Gasteiger partial charge in [-0.1, -0.05) is 6.92 Å². The molecule has 0 aromatic heterocycles. The van der Waals surface area contributed by atoms with Crippen LogP contribution in [0.15, 0.2) is 0 Å². The summed E-state index contributed by atoms with van der Waals surface area (Å²) in [5, 5.41) is 29.2. The highest BCUT2D eigenvalue weighted by Gasteiger charge is 2.26. The largest absolute Gasteiger partial charge is 0.366 e. The highest BCUT2D eigenvalue weighted by atomic mass is 16.6. The van der Waals surface area contributed by atoms with Crippen LogP contribution in [0.4, 0.5) is 0 Å². The van der Waals surface area contributed by atoms with Crippen molar-refractivity contribution in [2.24, 2.45) is 0 Å². The van der Waals surface area contributed by atoms with Crippen LogP contribution in [0.2, 0.25) is 0 Å². The molecule has 0 heterocycles. The number of rotatable bonds is 11. The van der Waals surface area contributed by atoms with Crippen molar-refractivity contribution in [3.05, 3.63) is 0 Å². The molecular weight excluding hydrogens is 264 g/mol. The van der Waals surface area contributed by atoms with Gasteiger partial charge in [0.15, 0.2) is 17.4 Å². The highest BCUT2D eigenvalue weighted by molar-refractivity contribution is 4.64. The molecule has 0 saturated carbocycles. The van der Waals surface area contributed by atoms with Gasteiger partial charge in [0.2, 0.25) is 0 Å². The molecule has 2 unspecified atom stereocenters. The van der Waals surface area contributed by atoms with Gasteiger partial charge in [-0.3, -0.25) is 0 Å². The van der Waals surface area contributed by atoms with Crippen LogP contribution in [0.25, 0.3) is 0 Å². The van der Waals surface area contributed by atoms with E-state index in [2.05, 4.69) is 0 Å². The average molecular weight is 294 g/mol. The zero-order valence-corrected chi connectivity index (χ0v) is 13.3. The predicted molar refractivity (Wildman–Crippen MR) is 74.9 cm³/mol. The first-order chi connectivity index (χ1) is 8.97. The Kier molecular flexibility index (Phi) is 8.16. The summed E-state index contributed by atoms with van der Waals surface area (Å²) >= 11 is 0. The molecule has 3 N–H and O–H groups in total. The van der Waals surface area contributed by atoms with Crippen LogP contribution < -0.4 is 0 Å². The van der Waals surface area contributed by atoms with Crippen molar-refractivity contribution in [2.75, 3.05) is 19.8 Å². The lowest BCUT2D eigenvalue weighted by molar-refractivity contribution is -0.244. The molecule has 0 aromatic carbocycles. The van der Waals surface area contributed by atoms with Crippen molar-refractivity contribution in [1.82, 2.24) is 0 Å². The van der Waals surface area contributed by atoms with Crippen molar-refractivity contribution in [2.45, 2.75) is 71.2 Å². The van der Waals surface area contributed by atoms with E-state index in [4.69, 9.17) is 14.2 Å². The van der Waals surface area contributed by atoms with E-state index in [0.717, 1.165) is 6.42 Å². The molecule has 6 heteroatoms. The molecule has 0 aliphatic heterocycles. The van der Waals surface area contributed by atoms with Gasteiger partial charge in [-0.15, -0.1) is 0 Å². The number of hydrogen-bond donors (Lipinski definition) is 3. The van der Waals surface area contributed by atoms with Gasteiger partial charge in [0.25, 0.3) is 0 Å². The Balaban J connectivity index is 3.92. The van der Waals surface area contributed by atoms with E-state index < -0.39 is 17.4 Å². The molecule has 0 bridgehead atoms. The summed E-state index contributed by atoms with van der Waals surface area (Å²) in [4.78, 5) is 0. The fraction of sp³-hybridized carbons (Fsp3) is 1.00. The van der Waals surface area contributed by atoms with Crippen LogP contribution in [0, 0.1) is 0 Å². The van der Waals surface area contributed by atoms with Crippen molar-refractivity contribution in [1.29, 1.82) is 0 Å². The lowest BCUT2D eigenvalue weighted by atomic mass is 10.2. The SMILES string of the molecule is CCCOC(C)(O)CCOC(C)(O)CCOC(C)(C)O. The lowest BCUT2D eigenvalue weighted by Gasteiger charge is -2.28. The summed E-state index contributed by atoms with van der Waals surface area (Å²) in [7, 11) is 0. The summed E-state index contributed by atoms with van der Waals surface area (Å²) in [5.74, 6) is -3.85. The van der Waals surface area contributed by atoms with E-state index in [1.54, 1.807) is 6.92 Å². The van der Waals surface area contributed by atoms with Gasteiger partial charge in [0, 0.05) is 19.4 Å². The van der Waals surface area contributed by atoms with Crippen LogP contribution in [0.5, 0.6) is 0 Å². The average Bonchev–Trinajstić information content (AvgIpc) is 2.23. The molecule has 0 saturated heterocycles. The van der Waals surface area contributed by atoms with E-state index in [1.807, 2.05) is 6.92 Å². The molecular formula is C14H30O6. The summed E-state index contributed by atoms with van der Waals surface area (Å²) in [6, 6.07) is 0. The van der Waals surface area contributed by atoms with Crippen LogP contribution >= 0.6 is 0 Å². The second-order valence-electron chi connectivity index (χ2n) is 5.84. The van der Waals surface area contributed by atoms with E-state index in [1.165, 1.54) is 20.8 Å². The van der Waals surface area contributed by atoms with Crippen molar-refractivity contribution in [3.63, 3.8) is 0 Å². The standard InChI is InChI=1S/C14H30O6/c1-6-9-19-13(4,16)8-11-20-14(5,17)7-10-18-12(2,3)15/h15-17H,6-11H2,1-5H3. The van der Waals surface area contributed by atoms with Crippen molar-refractivity contribution in [3.8, 4) is 0 Å². The third-order valence-corrected chi connectivity index (χ3v) is 2.62. The van der Waals surface area contributed by atoms with Crippen LogP contribution in [0.1, 0.15) is 53.9 Å². The first-order valence-corrected chi connectivity index (χ1v) is 7.06. The fourth-order valence-corrected chi connectivity index (χ4v) is 1.42. The molecule has 2 atom stereocenters. The Morgan fingerprint density at radius 1 is 0.700 bits per heavy atom. The van der Waals surface area contributed by atoms with Crippen molar-refractivity contribution >= 4 is 0 Å². The number of aliphatic hydroxyl groups is 3. The topological polar surface area (TPSA) is 88.4 Å². The molecule has 6 nitrogen and oxygen atoms in total. The second-order valence-corrected chi connectivity index (χ2v) is 5.84. The normalized spacial score (nSPS) is 18.6. The minimum absolute atomic E-state index is 0.159. The molecule has 20 heavy (non-hydrogen) atoms. The Morgan fingerprint density at radius 3 is 1.50 bits per heavy atom. The monoisotopic (exact) mass is 294 g/mol. The Labute approximate surface area is 121 Å². The second kappa shape index (κ2) is 8.26. The first kappa shape index (κ1) is 19.8. The van der Waals surface area contributed by atoms with E-state index >= 15 is 0 Å². The maximum atomic E-state index is 9.98. The summed E-state index contributed by atoms with van der Waals surface area (Å²) in [5.41, 5.74) is 0. The van der Waals surface area contributed by atoms with Crippen LogP contribution in [0.3, 0.4) is 0 Å². The van der Waals surface area contributed by atoms with Crippen LogP contribution in [-0.2, 0) is 14.2 Å². The molecule has 0 rings (SSSR count). The maximum absolute atomic E-state index is 9.98. The minimum Gasteiger partial charge on any atom is -0.366 e. The Hall–Kier alpha value is -0.240. The van der Waals surface area contributed by atoms with Gasteiger partial charge in [-0.05, 0) is 34.1 Å². The first-order valence-electron chi connectivity index (χ1n) is 7.06. The summed E-state index contributed by atoms with van der Waals surface area (Å²) in [6.07, 6.45) is 1.30. The molecule has 0 fully saturated rings. The molecule has 0 amide bonds. The summed E-state index contributed by atoms with van der Waals surface area (Å²) < 4.78 is 15.7. The van der Waals surface area contributed by atoms with E-state index in [-0.39, 0.29) is 26.1 Å². The molecule has 0 radical (unpaired) electrons. The highest BCUT2D eigenvalue weighted by Crippen LogP contribution is 2.17. The number of hydrogen-bond acceptors (Lipinski definition) is 6. The van der Waals surface area contributed by atoms with E-state index in [9.17, 15) is 15.3 Å². The third kappa shape index (κ3) is 11.6. The van der Waals surface area contributed by atoms with Gasteiger partial charge in [0.1, 0.15) is 0 Å². The molecule has 0 aliphatic rings. The minimum atomic E-state index is -1.37. The molecule has 122 valence electrons. The fourth-order valence-electron chi connectivity index (χ4n) is 1.42. The van der Waals surface area contributed by atoms with Crippen LogP contribution in [-0.4, -0.2) is 52.5 Å². The van der Waals surface area contributed by atoms with Gasteiger partial charge in [-0.2, -0.15) is 0 Å². The van der Waals surface area contributed by atoms with Gasteiger partial charge in [-0.25, -0.2) is 0 Å². The lowest BCUT2D eigenvalue weighted by Crippen LogP contribution is -2.36. The summed E-state index contributed by atoms with van der Waals surface area (Å²) in [6.45, 7) is 8.88. The molecule has 0 aromatic rings. The molecule has 0 spiro atoms. The zero-order chi connectivity index (χ0) is 15.9. The van der Waals surface area contributed by atoms with Gasteiger partial charge < -0.3 is 29.5 Å². The quantitative estimate of drug-likeness (QED) is 0.499. The zero-order valence-electron chi connectivity index (χ0n) is 13.3. The molecule has 0 aliphatic carbocycles. The smallest absolute Gasteiger partial charge is 0.164 e. The Morgan fingerprint density at radius 2 is 1.10 bits per heavy atom. The van der Waals surface area contributed by atoms with Gasteiger partial charge in [0.05, 0.1) is 13.2 Å². The predicted octanol–water partition coefficient (Wildman–Crippen LogP) is 1.37.